The largest absolute Gasteiger partial charge is 0.341 e. The number of halogens is 1. The minimum atomic E-state index is -0.0789. The highest BCUT2D eigenvalue weighted by atomic mass is 35.5. The highest BCUT2D eigenvalue weighted by molar-refractivity contribution is 8.00. The van der Waals surface area contributed by atoms with Crippen molar-refractivity contribution in [1.29, 1.82) is 0 Å². The first kappa shape index (κ1) is 15.0. The predicted molar refractivity (Wildman–Crippen MR) is 78.3 cm³/mol. The van der Waals surface area contributed by atoms with Crippen molar-refractivity contribution in [1.82, 2.24) is 9.80 Å². The Bertz CT molecular complexity index is 368. The van der Waals surface area contributed by atoms with Crippen molar-refractivity contribution in [3.8, 4) is 0 Å². The minimum absolute atomic E-state index is 0.00116. The Balaban J connectivity index is 2.04. The maximum Gasteiger partial charge on any atom is 0.237 e. The summed E-state index contributed by atoms with van der Waals surface area (Å²) in [5.41, 5.74) is 0. The molecule has 2 fully saturated rings. The summed E-state index contributed by atoms with van der Waals surface area (Å²) in [5, 5.41) is 0. The van der Waals surface area contributed by atoms with E-state index in [0.29, 0.717) is 13.1 Å². The fourth-order valence-electron chi connectivity index (χ4n) is 2.84. The van der Waals surface area contributed by atoms with Gasteiger partial charge in [0.15, 0.2) is 0 Å². The number of thioether (sulfide) groups is 1. The monoisotopic (exact) mass is 304 g/mol. The van der Waals surface area contributed by atoms with Crippen LogP contribution in [0.15, 0.2) is 0 Å². The average Bonchev–Trinajstić information content (AvgIpc) is 2.81. The lowest BCUT2D eigenvalue weighted by Crippen LogP contribution is -2.54. The summed E-state index contributed by atoms with van der Waals surface area (Å²) in [6.07, 6.45) is 1.72. The van der Waals surface area contributed by atoms with Gasteiger partial charge in [0.25, 0.3) is 0 Å². The first-order valence-electron chi connectivity index (χ1n) is 6.79. The molecular formula is C13H21ClN2O2S. The number of piperidine rings is 1. The van der Waals surface area contributed by atoms with Gasteiger partial charge in [-0.2, -0.15) is 0 Å². The fraction of sp³-hybridized carbons (Fsp3) is 0.846. The fourth-order valence-corrected chi connectivity index (χ4v) is 4.47. The molecule has 6 heteroatoms. The third-order valence-corrected chi connectivity index (χ3v) is 5.73. The van der Waals surface area contributed by atoms with Crippen LogP contribution in [0.1, 0.15) is 26.7 Å². The Kier molecular flexibility index (Phi) is 4.66. The van der Waals surface area contributed by atoms with Crippen molar-refractivity contribution in [3.05, 3.63) is 0 Å². The van der Waals surface area contributed by atoms with Crippen molar-refractivity contribution < 1.29 is 9.59 Å². The average molecular weight is 305 g/mol. The molecule has 1 spiro atoms. The molecule has 108 valence electrons. The van der Waals surface area contributed by atoms with Crippen LogP contribution in [0.25, 0.3) is 0 Å². The summed E-state index contributed by atoms with van der Waals surface area (Å²) in [5.74, 6) is 1.33. The van der Waals surface area contributed by atoms with Crippen LogP contribution in [0.2, 0.25) is 0 Å². The van der Waals surface area contributed by atoms with Crippen LogP contribution in [0.4, 0.5) is 0 Å². The number of carbonyl (C=O) groups is 2. The quantitative estimate of drug-likeness (QED) is 0.730. The predicted octanol–water partition coefficient (Wildman–Crippen LogP) is 1.78. The molecule has 4 nitrogen and oxygen atoms in total. The Morgan fingerprint density at radius 3 is 2.42 bits per heavy atom. The second-order valence-electron chi connectivity index (χ2n) is 5.45. The van der Waals surface area contributed by atoms with Crippen LogP contribution in [-0.2, 0) is 9.59 Å². The summed E-state index contributed by atoms with van der Waals surface area (Å²) < 4.78 is 0. The molecule has 2 amide bonds. The van der Waals surface area contributed by atoms with Gasteiger partial charge in [-0.3, -0.25) is 9.59 Å². The molecule has 2 aliphatic rings. The number of likely N-dealkylation sites (tertiary alicyclic amines) is 1. The molecule has 2 rings (SSSR count). The van der Waals surface area contributed by atoms with E-state index in [4.69, 9.17) is 11.6 Å². The summed E-state index contributed by atoms with van der Waals surface area (Å²) in [7, 11) is 0. The molecule has 0 aromatic heterocycles. The van der Waals surface area contributed by atoms with Crippen LogP contribution < -0.4 is 0 Å². The zero-order valence-electron chi connectivity index (χ0n) is 11.5. The molecule has 0 N–H and O–H groups in total. The van der Waals surface area contributed by atoms with Gasteiger partial charge in [0.2, 0.25) is 11.8 Å². The number of nitrogens with zero attached hydrogens (tertiary/aromatic N) is 2. The zero-order chi connectivity index (χ0) is 14.0. The number of rotatable bonds is 2. The molecule has 0 bridgehead atoms. The van der Waals surface area contributed by atoms with E-state index < -0.39 is 0 Å². The Morgan fingerprint density at radius 1 is 1.26 bits per heavy atom. The van der Waals surface area contributed by atoms with Gasteiger partial charge in [-0.1, -0.05) is 13.8 Å². The maximum atomic E-state index is 12.3. The summed E-state index contributed by atoms with van der Waals surface area (Å²) in [4.78, 5) is 27.7. The first-order valence-corrected chi connectivity index (χ1v) is 8.31. The SMILES string of the molecule is CC(C)C(=O)N1CCSC12CCN(C(=O)CCl)CC2. The van der Waals surface area contributed by atoms with Gasteiger partial charge in [0.05, 0.1) is 4.87 Å². The smallest absolute Gasteiger partial charge is 0.237 e. The van der Waals surface area contributed by atoms with E-state index >= 15 is 0 Å². The number of hydrogen-bond acceptors (Lipinski definition) is 3. The third-order valence-electron chi connectivity index (χ3n) is 3.95. The Labute approximate surface area is 123 Å². The molecule has 2 heterocycles. The van der Waals surface area contributed by atoms with Gasteiger partial charge < -0.3 is 9.80 Å². The third kappa shape index (κ3) is 2.87. The molecule has 19 heavy (non-hydrogen) atoms. The lowest BCUT2D eigenvalue weighted by molar-refractivity contribution is -0.139. The second-order valence-corrected chi connectivity index (χ2v) is 7.18. The molecule has 0 atom stereocenters. The number of hydrogen-bond donors (Lipinski definition) is 0. The molecule has 0 saturated carbocycles. The summed E-state index contributed by atoms with van der Waals surface area (Å²) in [6.45, 7) is 6.16. The van der Waals surface area contributed by atoms with Gasteiger partial charge in [0, 0.05) is 31.3 Å². The molecule has 0 aromatic rings. The van der Waals surface area contributed by atoms with E-state index in [1.807, 2.05) is 35.4 Å². The van der Waals surface area contributed by atoms with E-state index in [1.165, 1.54) is 0 Å². The number of amides is 2. The topological polar surface area (TPSA) is 40.6 Å². The van der Waals surface area contributed by atoms with Crippen molar-refractivity contribution in [2.45, 2.75) is 31.6 Å². The van der Waals surface area contributed by atoms with Gasteiger partial charge in [-0.05, 0) is 12.8 Å². The van der Waals surface area contributed by atoms with Gasteiger partial charge in [0.1, 0.15) is 5.88 Å². The molecule has 0 aliphatic carbocycles. The zero-order valence-corrected chi connectivity index (χ0v) is 13.1. The number of alkyl halides is 1. The lowest BCUT2D eigenvalue weighted by Gasteiger charge is -2.44. The van der Waals surface area contributed by atoms with Crippen molar-refractivity contribution in [2.24, 2.45) is 5.92 Å². The van der Waals surface area contributed by atoms with Crippen LogP contribution in [0.3, 0.4) is 0 Å². The van der Waals surface area contributed by atoms with Crippen LogP contribution in [0, 0.1) is 5.92 Å². The maximum absolute atomic E-state index is 12.3. The molecule has 2 saturated heterocycles. The van der Waals surface area contributed by atoms with Gasteiger partial charge >= 0.3 is 0 Å². The van der Waals surface area contributed by atoms with E-state index in [-0.39, 0.29) is 28.5 Å². The normalized spacial score (nSPS) is 22.3. The van der Waals surface area contributed by atoms with Crippen LogP contribution in [0.5, 0.6) is 0 Å². The molecule has 0 aromatic carbocycles. The molecule has 2 aliphatic heterocycles. The van der Waals surface area contributed by atoms with E-state index in [0.717, 1.165) is 25.1 Å². The van der Waals surface area contributed by atoms with Gasteiger partial charge in [-0.25, -0.2) is 0 Å². The lowest BCUT2D eigenvalue weighted by atomic mass is 10.0. The van der Waals surface area contributed by atoms with Crippen molar-refractivity contribution in [3.63, 3.8) is 0 Å². The van der Waals surface area contributed by atoms with E-state index in [9.17, 15) is 9.59 Å². The summed E-state index contributed by atoms with van der Waals surface area (Å²) >= 11 is 7.47. The van der Waals surface area contributed by atoms with Crippen molar-refractivity contribution in [2.75, 3.05) is 31.3 Å². The second kappa shape index (κ2) is 5.92. The highest BCUT2D eigenvalue weighted by Crippen LogP contribution is 2.44. The minimum Gasteiger partial charge on any atom is -0.341 e. The molecule has 0 unspecified atom stereocenters. The van der Waals surface area contributed by atoms with E-state index in [1.54, 1.807) is 0 Å². The molecule has 0 radical (unpaired) electrons. The van der Waals surface area contributed by atoms with Crippen molar-refractivity contribution >= 4 is 35.2 Å². The van der Waals surface area contributed by atoms with Crippen LogP contribution >= 0.6 is 23.4 Å². The highest BCUT2D eigenvalue weighted by Gasteiger charge is 2.47. The first-order chi connectivity index (χ1) is 9.00. The number of carbonyl (C=O) groups excluding carboxylic acids is 2. The molecular weight excluding hydrogens is 284 g/mol. The van der Waals surface area contributed by atoms with Crippen LogP contribution in [-0.4, -0.2) is 57.8 Å². The van der Waals surface area contributed by atoms with Gasteiger partial charge in [-0.15, -0.1) is 23.4 Å². The standard InChI is InChI=1S/C13H21ClN2O2S/c1-10(2)12(18)16-7-8-19-13(16)3-5-15(6-4-13)11(17)9-14/h10H,3-9H2,1-2H3. The summed E-state index contributed by atoms with van der Waals surface area (Å²) in [6, 6.07) is 0. The Hall–Kier alpha value is -0.420. The van der Waals surface area contributed by atoms with E-state index in [2.05, 4.69) is 0 Å². The Morgan fingerprint density at radius 2 is 1.89 bits per heavy atom.